The van der Waals surface area contributed by atoms with Crippen molar-refractivity contribution in [3.63, 3.8) is 0 Å². The number of likely N-dealkylation sites (tertiary alicyclic amines) is 2. The van der Waals surface area contributed by atoms with Gasteiger partial charge >= 0.3 is 6.18 Å². The number of pyridine rings is 1. The van der Waals surface area contributed by atoms with E-state index in [9.17, 15) is 23.2 Å². The van der Waals surface area contributed by atoms with Crippen molar-refractivity contribution in [2.75, 3.05) is 31.5 Å². The average molecular weight is 584 g/mol. The van der Waals surface area contributed by atoms with Crippen LogP contribution >= 0.6 is 0 Å². The van der Waals surface area contributed by atoms with Crippen molar-refractivity contribution in [2.24, 2.45) is 0 Å². The Balaban J connectivity index is 1.35. The van der Waals surface area contributed by atoms with Crippen LogP contribution in [0.3, 0.4) is 0 Å². The average Bonchev–Trinajstić information content (AvgIpc) is 3.71. The molecule has 0 spiro atoms. The summed E-state index contributed by atoms with van der Waals surface area (Å²) in [6, 6.07) is 22.2. The highest BCUT2D eigenvalue weighted by molar-refractivity contribution is 6.08. The van der Waals surface area contributed by atoms with Gasteiger partial charge in [0.2, 0.25) is 0 Å². The van der Waals surface area contributed by atoms with E-state index >= 15 is 0 Å². The molecule has 1 atom stereocenters. The summed E-state index contributed by atoms with van der Waals surface area (Å²) in [6.45, 7) is 3.80. The molecule has 2 saturated heterocycles. The Morgan fingerprint density at radius 1 is 0.953 bits per heavy atom. The number of amides is 1. The Labute approximate surface area is 248 Å². The fraction of sp³-hybridized carbons (Fsp3) is 0.324. The molecule has 6 nitrogen and oxygen atoms in total. The van der Waals surface area contributed by atoms with E-state index in [-0.39, 0.29) is 18.5 Å². The molecule has 2 fully saturated rings. The lowest BCUT2D eigenvalue weighted by molar-refractivity contribution is -0.137. The zero-order valence-corrected chi connectivity index (χ0v) is 23.7. The van der Waals surface area contributed by atoms with Crippen LogP contribution in [0, 0.1) is 11.3 Å². The number of carbonyl (C=O) groups excluding carboxylic acids is 1. The van der Waals surface area contributed by atoms with Crippen molar-refractivity contribution in [2.45, 2.75) is 44.4 Å². The molecule has 3 aromatic carbocycles. The minimum atomic E-state index is -4.43. The third-order valence-electron chi connectivity index (χ3n) is 8.42. The molecule has 0 aliphatic carbocycles. The number of alkyl halides is 3. The SMILES string of the molecule is N#Cc1ccc(-c2ccc3nc(NCc4cccc(C(F)(F)F)c4)cc(C(=O)N4CCCC4CN4CCCC4)c3c2)cc1. The van der Waals surface area contributed by atoms with Crippen molar-refractivity contribution in [3.8, 4) is 17.2 Å². The quantitative estimate of drug-likeness (QED) is 0.251. The van der Waals surface area contributed by atoms with Gasteiger partial charge in [0.15, 0.2) is 0 Å². The molecule has 220 valence electrons. The normalized spacial score (nSPS) is 17.3. The lowest BCUT2D eigenvalue weighted by atomic mass is 9.99. The number of aromatic nitrogens is 1. The Kier molecular flexibility index (Phi) is 8.04. The van der Waals surface area contributed by atoms with Gasteiger partial charge in [0.05, 0.1) is 28.3 Å². The van der Waals surface area contributed by atoms with Crippen LogP contribution < -0.4 is 5.32 Å². The molecule has 1 N–H and O–H groups in total. The monoisotopic (exact) mass is 583 g/mol. The van der Waals surface area contributed by atoms with E-state index < -0.39 is 11.7 Å². The lowest BCUT2D eigenvalue weighted by Crippen LogP contribution is -2.42. The maximum absolute atomic E-state index is 14.2. The molecular weight excluding hydrogens is 551 g/mol. The van der Waals surface area contributed by atoms with Crippen LogP contribution in [0.15, 0.2) is 72.8 Å². The molecule has 3 heterocycles. The first-order valence-corrected chi connectivity index (χ1v) is 14.7. The van der Waals surface area contributed by atoms with Gasteiger partial charge < -0.3 is 15.1 Å². The Bertz CT molecular complexity index is 1670. The van der Waals surface area contributed by atoms with Gasteiger partial charge in [0, 0.05) is 31.1 Å². The number of hydrogen-bond acceptors (Lipinski definition) is 5. The number of benzene rings is 3. The van der Waals surface area contributed by atoms with Gasteiger partial charge in [-0.1, -0.05) is 30.3 Å². The summed E-state index contributed by atoms with van der Waals surface area (Å²) in [7, 11) is 0. The smallest absolute Gasteiger partial charge is 0.366 e. The highest BCUT2D eigenvalue weighted by Gasteiger charge is 2.33. The van der Waals surface area contributed by atoms with E-state index in [1.54, 1.807) is 24.3 Å². The molecule has 6 rings (SSSR count). The van der Waals surface area contributed by atoms with Gasteiger partial charge in [-0.3, -0.25) is 4.79 Å². The van der Waals surface area contributed by atoms with Gasteiger partial charge in [-0.25, -0.2) is 4.98 Å². The molecule has 0 radical (unpaired) electrons. The van der Waals surface area contributed by atoms with Crippen LogP contribution in [0.4, 0.5) is 19.0 Å². The number of rotatable bonds is 7. The van der Waals surface area contributed by atoms with Crippen LogP contribution in [-0.4, -0.2) is 52.9 Å². The Hall–Kier alpha value is -4.42. The van der Waals surface area contributed by atoms with E-state index in [2.05, 4.69) is 16.3 Å². The molecule has 0 saturated carbocycles. The summed E-state index contributed by atoms with van der Waals surface area (Å²) in [6.07, 6.45) is -0.138. The van der Waals surface area contributed by atoms with Gasteiger partial charge in [0.25, 0.3) is 5.91 Å². The fourth-order valence-corrected chi connectivity index (χ4v) is 6.17. The van der Waals surface area contributed by atoms with Gasteiger partial charge in [-0.15, -0.1) is 0 Å². The topological polar surface area (TPSA) is 72.3 Å². The number of anilines is 1. The molecule has 1 unspecified atom stereocenters. The highest BCUT2D eigenvalue weighted by atomic mass is 19.4. The largest absolute Gasteiger partial charge is 0.416 e. The number of halogens is 3. The summed E-state index contributed by atoms with van der Waals surface area (Å²) < 4.78 is 39.8. The minimum Gasteiger partial charge on any atom is -0.366 e. The minimum absolute atomic E-state index is 0.0619. The molecule has 9 heteroatoms. The molecule has 0 bridgehead atoms. The van der Waals surface area contributed by atoms with Crippen LogP contribution in [0.1, 0.15) is 52.7 Å². The maximum atomic E-state index is 14.2. The van der Waals surface area contributed by atoms with Crippen LogP contribution in [0.5, 0.6) is 0 Å². The molecule has 2 aliphatic heterocycles. The second-order valence-corrected chi connectivity index (χ2v) is 11.3. The van der Waals surface area contributed by atoms with E-state index in [1.165, 1.54) is 18.9 Å². The molecule has 2 aliphatic rings. The number of hydrogen-bond donors (Lipinski definition) is 1. The van der Waals surface area contributed by atoms with Crippen molar-refractivity contribution in [1.82, 2.24) is 14.8 Å². The standard InChI is InChI=1S/C34H32F3N5O/c35-34(36,37)27-6-3-5-24(17-27)21-39-32-19-30(33(43)42-16-4-7-28(42)22-41-14-1-2-15-41)29-18-26(12-13-31(29)40-32)25-10-8-23(20-38)9-11-25/h3,5-6,8-13,17-19,28H,1-2,4,7,14-16,21-22H2,(H,39,40). The molecule has 1 aromatic heterocycles. The van der Waals surface area contributed by atoms with E-state index in [1.807, 2.05) is 35.2 Å². The number of nitrogens with one attached hydrogen (secondary N) is 1. The zero-order valence-electron chi connectivity index (χ0n) is 23.7. The molecule has 4 aromatic rings. The number of nitriles is 1. The molecule has 43 heavy (non-hydrogen) atoms. The molecule has 1 amide bonds. The Morgan fingerprint density at radius 3 is 2.47 bits per heavy atom. The maximum Gasteiger partial charge on any atom is 0.416 e. The van der Waals surface area contributed by atoms with E-state index in [4.69, 9.17) is 4.98 Å². The summed E-state index contributed by atoms with van der Waals surface area (Å²) >= 11 is 0. The van der Waals surface area contributed by atoms with Gasteiger partial charge in [0.1, 0.15) is 5.82 Å². The summed E-state index contributed by atoms with van der Waals surface area (Å²) in [4.78, 5) is 23.4. The first-order chi connectivity index (χ1) is 20.8. The van der Waals surface area contributed by atoms with Gasteiger partial charge in [-0.2, -0.15) is 18.4 Å². The van der Waals surface area contributed by atoms with E-state index in [0.29, 0.717) is 40.0 Å². The van der Waals surface area contributed by atoms with Crippen LogP contribution in [-0.2, 0) is 12.7 Å². The van der Waals surface area contributed by atoms with Gasteiger partial charge in [-0.05, 0) is 97.9 Å². The second kappa shape index (κ2) is 12.1. The first kappa shape index (κ1) is 28.7. The van der Waals surface area contributed by atoms with Crippen molar-refractivity contribution >= 4 is 22.6 Å². The lowest BCUT2D eigenvalue weighted by Gasteiger charge is -2.29. The molecular formula is C34H32F3N5O. The summed E-state index contributed by atoms with van der Waals surface area (Å²) in [5, 5.41) is 13.1. The number of carbonyl (C=O) groups is 1. The van der Waals surface area contributed by atoms with Crippen molar-refractivity contribution in [1.29, 1.82) is 5.26 Å². The summed E-state index contributed by atoms with van der Waals surface area (Å²) in [5.74, 6) is 0.364. The predicted molar refractivity (Wildman–Crippen MR) is 160 cm³/mol. The number of nitrogens with zero attached hydrogens (tertiary/aromatic N) is 4. The second-order valence-electron chi connectivity index (χ2n) is 11.3. The number of fused-ring (bicyclic) bond motifs is 1. The predicted octanol–water partition coefficient (Wildman–Crippen LogP) is 7.10. The third-order valence-corrected chi connectivity index (χ3v) is 8.42. The van der Waals surface area contributed by atoms with Crippen molar-refractivity contribution in [3.05, 3.63) is 95.1 Å². The van der Waals surface area contributed by atoms with Crippen LogP contribution in [0.2, 0.25) is 0 Å². The van der Waals surface area contributed by atoms with Crippen molar-refractivity contribution < 1.29 is 18.0 Å². The van der Waals surface area contributed by atoms with E-state index in [0.717, 1.165) is 55.7 Å². The first-order valence-electron chi connectivity index (χ1n) is 14.7. The third kappa shape index (κ3) is 6.35. The summed E-state index contributed by atoms with van der Waals surface area (Å²) in [5.41, 5.74) is 3.27. The fourth-order valence-electron chi connectivity index (χ4n) is 6.17. The highest BCUT2D eigenvalue weighted by Crippen LogP contribution is 2.32. The Morgan fingerprint density at radius 2 is 1.72 bits per heavy atom. The van der Waals surface area contributed by atoms with Crippen LogP contribution in [0.25, 0.3) is 22.0 Å². The zero-order chi connectivity index (χ0) is 30.0.